The number of ether oxygens (including phenoxy) is 1. The number of carbonyl (C=O) groups excluding carboxylic acids is 1. The molecule has 0 aliphatic heterocycles. The number of benzene rings is 1. The number of carbonyl (C=O) groups is 1. The van der Waals surface area contributed by atoms with Crippen LogP contribution in [0.1, 0.15) is 20.3 Å². The van der Waals surface area contributed by atoms with Gasteiger partial charge in [-0.2, -0.15) is 0 Å². The molecule has 0 aliphatic rings. The molecule has 6 heteroatoms. The molecule has 1 aromatic carbocycles. The maximum absolute atomic E-state index is 11.4. The molecule has 22 heavy (non-hydrogen) atoms. The zero-order valence-corrected chi connectivity index (χ0v) is 13.4. The lowest BCUT2D eigenvalue weighted by atomic mass is 10.3. The first-order valence-corrected chi connectivity index (χ1v) is 7.73. The van der Waals surface area contributed by atoms with Crippen LogP contribution in [0.25, 0.3) is 0 Å². The van der Waals surface area contributed by atoms with Crippen molar-refractivity contribution < 1.29 is 9.53 Å². The van der Waals surface area contributed by atoms with E-state index in [2.05, 4.69) is 20.9 Å². The SMILES string of the molecule is CCNC(=O)CN=C(NCC)NCCCOc1ccccc1. The fraction of sp³-hybridized carbons (Fsp3) is 0.500. The average Bonchev–Trinajstić information content (AvgIpc) is 2.53. The Balaban J connectivity index is 2.23. The Morgan fingerprint density at radius 1 is 1.09 bits per heavy atom. The fourth-order valence-corrected chi connectivity index (χ4v) is 1.73. The van der Waals surface area contributed by atoms with Crippen molar-refractivity contribution in [2.75, 3.05) is 32.8 Å². The fourth-order valence-electron chi connectivity index (χ4n) is 1.73. The van der Waals surface area contributed by atoms with Gasteiger partial charge >= 0.3 is 0 Å². The molecule has 0 aromatic heterocycles. The van der Waals surface area contributed by atoms with Crippen LogP contribution in [0.5, 0.6) is 5.75 Å². The Bertz CT molecular complexity index is 449. The topological polar surface area (TPSA) is 74.8 Å². The minimum atomic E-state index is -0.0767. The van der Waals surface area contributed by atoms with Crippen molar-refractivity contribution >= 4 is 11.9 Å². The molecule has 0 unspecified atom stereocenters. The maximum Gasteiger partial charge on any atom is 0.241 e. The summed E-state index contributed by atoms with van der Waals surface area (Å²) in [4.78, 5) is 15.6. The molecule has 122 valence electrons. The van der Waals surface area contributed by atoms with Gasteiger partial charge in [0, 0.05) is 19.6 Å². The Morgan fingerprint density at radius 3 is 2.50 bits per heavy atom. The number of hydrogen-bond donors (Lipinski definition) is 3. The van der Waals surface area contributed by atoms with E-state index in [0.29, 0.717) is 19.1 Å². The van der Waals surface area contributed by atoms with Gasteiger partial charge in [-0.25, -0.2) is 4.99 Å². The van der Waals surface area contributed by atoms with Crippen LogP contribution < -0.4 is 20.7 Å². The van der Waals surface area contributed by atoms with Gasteiger partial charge in [-0.1, -0.05) is 18.2 Å². The van der Waals surface area contributed by atoms with Crippen molar-refractivity contribution in [3.05, 3.63) is 30.3 Å². The van der Waals surface area contributed by atoms with Gasteiger partial charge in [-0.3, -0.25) is 4.79 Å². The van der Waals surface area contributed by atoms with E-state index in [9.17, 15) is 4.79 Å². The third-order valence-corrected chi connectivity index (χ3v) is 2.72. The maximum atomic E-state index is 11.4. The number of aliphatic imine (C=N–C) groups is 1. The van der Waals surface area contributed by atoms with Crippen molar-refractivity contribution in [1.29, 1.82) is 0 Å². The Hall–Kier alpha value is -2.24. The molecule has 6 nitrogen and oxygen atoms in total. The predicted octanol–water partition coefficient (Wildman–Crippen LogP) is 1.15. The highest BCUT2D eigenvalue weighted by molar-refractivity contribution is 5.84. The molecule has 3 N–H and O–H groups in total. The van der Waals surface area contributed by atoms with Crippen LogP contribution in [0.3, 0.4) is 0 Å². The number of nitrogens with one attached hydrogen (secondary N) is 3. The van der Waals surface area contributed by atoms with Crippen molar-refractivity contribution in [2.24, 2.45) is 4.99 Å². The summed E-state index contributed by atoms with van der Waals surface area (Å²) < 4.78 is 5.61. The van der Waals surface area contributed by atoms with E-state index in [-0.39, 0.29) is 12.5 Å². The molecule has 1 aromatic rings. The standard InChI is InChI=1S/C16H26N4O2/c1-3-17-15(21)13-20-16(18-4-2)19-11-8-12-22-14-9-6-5-7-10-14/h5-7,9-10H,3-4,8,11-13H2,1-2H3,(H,17,21)(H2,18,19,20). The highest BCUT2D eigenvalue weighted by Gasteiger charge is 2.00. The quantitative estimate of drug-likeness (QED) is 0.363. The van der Waals surface area contributed by atoms with Crippen molar-refractivity contribution in [1.82, 2.24) is 16.0 Å². The number of guanidine groups is 1. The first-order valence-electron chi connectivity index (χ1n) is 7.73. The van der Waals surface area contributed by atoms with Crippen LogP contribution in [-0.2, 0) is 4.79 Å². The molecule has 0 spiro atoms. The van der Waals surface area contributed by atoms with Gasteiger partial charge in [0.2, 0.25) is 5.91 Å². The summed E-state index contributed by atoms with van der Waals surface area (Å²) in [5.74, 6) is 1.44. The van der Waals surface area contributed by atoms with Crippen LogP contribution >= 0.6 is 0 Å². The smallest absolute Gasteiger partial charge is 0.241 e. The van der Waals surface area contributed by atoms with Crippen molar-refractivity contribution in [3.8, 4) is 5.75 Å². The molecular weight excluding hydrogens is 280 g/mol. The Morgan fingerprint density at radius 2 is 1.82 bits per heavy atom. The zero-order chi connectivity index (χ0) is 16.0. The summed E-state index contributed by atoms with van der Waals surface area (Å²) in [6.45, 7) is 6.74. The van der Waals surface area contributed by atoms with E-state index in [0.717, 1.165) is 25.3 Å². The monoisotopic (exact) mass is 306 g/mol. The predicted molar refractivity (Wildman–Crippen MR) is 89.2 cm³/mol. The van der Waals surface area contributed by atoms with Gasteiger partial charge in [0.15, 0.2) is 5.96 Å². The molecule has 0 fully saturated rings. The molecule has 1 amide bonds. The lowest BCUT2D eigenvalue weighted by molar-refractivity contribution is -0.119. The largest absolute Gasteiger partial charge is 0.494 e. The number of amides is 1. The Labute approximate surface area is 132 Å². The van der Waals surface area contributed by atoms with E-state index < -0.39 is 0 Å². The average molecular weight is 306 g/mol. The number of likely N-dealkylation sites (N-methyl/N-ethyl adjacent to an activating group) is 1. The van der Waals surface area contributed by atoms with E-state index in [1.54, 1.807) is 0 Å². The molecule has 1 rings (SSSR count). The van der Waals surface area contributed by atoms with Crippen LogP contribution in [0.15, 0.2) is 35.3 Å². The van der Waals surface area contributed by atoms with Gasteiger partial charge in [0.05, 0.1) is 6.61 Å². The van der Waals surface area contributed by atoms with Crippen molar-refractivity contribution in [3.63, 3.8) is 0 Å². The zero-order valence-electron chi connectivity index (χ0n) is 13.4. The third kappa shape index (κ3) is 8.14. The number of rotatable bonds is 9. The summed E-state index contributed by atoms with van der Waals surface area (Å²) in [5.41, 5.74) is 0. The van der Waals surface area contributed by atoms with Crippen LogP contribution in [0, 0.1) is 0 Å². The van der Waals surface area contributed by atoms with E-state index in [1.807, 2.05) is 44.2 Å². The molecule has 0 radical (unpaired) electrons. The van der Waals surface area contributed by atoms with E-state index in [4.69, 9.17) is 4.74 Å². The summed E-state index contributed by atoms with van der Waals surface area (Å²) in [7, 11) is 0. The molecule has 0 bridgehead atoms. The summed E-state index contributed by atoms with van der Waals surface area (Å²) >= 11 is 0. The lowest BCUT2D eigenvalue weighted by Gasteiger charge is -2.11. The summed E-state index contributed by atoms with van der Waals surface area (Å²) in [6.07, 6.45) is 0.848. The minimum Gasteiger partial charge on any atom is -0.494 e. The van der Waals surface area contributed by atoms with Gasteiger partial charge in [0.25, 0.3) is 0 Å². The highest BCUT2D eigenvalue weighted by atomic mass is 16.5. The second kappa shape index (κ2) is 11.4. The molecular formula is C16H26N4O2. The van der Waals surface area contributed by atoms with Crippen LogP contribution in [0.4, 0.5) is 0 Å². The second-order valence-corrected chi connectivity index (χ2v) is 4.59. The number of nitrogens with zero attached hydrogens (tertiary/aromatic N) is 1. The molecule has 0 aliphatic carbocycles. The normalized spacial score (nSPS) is 10.9. The molecule has 0 saturated heterocycles. The van der Waals surface area contributed by atoms with Gasteiger partial charge in [0.1, 0.15) is 12.3 Å². The molecule has 0 atom stereocenters. The van der Waals surface area contributed by atoms with Gasteiger partial charge in [-0.15, -0.1) is 0 Å². The highest BCUT2D eigenvalue weighted by Crippen LogP contribution is 2.07. The van der Waals surface area contributed by atoms with Gasteiger partial charge < -0.3 is 20.7 Å². The Kier molecular flexibility index (Phi) is 9.25. The van der Waals surface area contributed by atoms with E-state index in [1.165, 1.54) is 0 Å². The lowest BCUT2D eigenvalue weighted by Crippen LogP contribution is -2.39. The first kappa shape index (κ1) is 17.8. The van der Waals surface area contributed by atoms with E-state index >= 15 is 0 Å². The van der Waals surface area contributed by atoms with Gasteiger partial charge in [-0.05, 0) is 32.4 Å². The molecule has 0 heterocycles. The second-order valence-electron chi connectivity index (χ2n) is 4.59. The van der Waals surface area contributed by atoms with Crippen LogP contribution in [-0.4, -0.2) is 44.7 Å². The third-order valence-electron chi connectivity index (χ3n) is 2.72. The first-order chi connectivity index (χ1) is 10.8. The van der Waals surface area contributed by atoms with Crippen molar-refractivity contribution in [2.45, 2.75) is 20.3 Å². The number of hydrogen-bond acceptors (Lipinski definition) is 3. The summed E-state index contributed by atoms with van der Waals surface area (Å²) in [6, 6.07) is 9.73. The summed E-state index contributed by atoms with van der Waals surface area (Å²) in [5, 5.41) is 9.01. The number of para-hydroxylation sites is 1. The molecule has 0 saturated carbocycles. The minimum absolute atomic E-state index is 0.0767. The van der Waals surface area contributed by atoms with Crippen LogP contribution in [0.2, 0.25) is 0 Å².